The van der Waals surface area contributed by atoms with Gasteiger partial charge in [0.25, 0.3) is 0 Å². The van der Waals surface area contributed by atoms with Crippen molar-refractivity contribution in [3.05, 3.63) is 72.9 Å². The highest BCUT2D eigenvalue weighted by molar-refractivity contribution is 5.74. The molecule has 1 aliphatic heterocycles. The van der Waals surface area contributed by atoms with E-state index in [1.807, 2.05) is 0 Å². The molecule has 12 nitrogen and oxygen atoms in total. The zero-order valence-electron chi connectivity index (χ0n) is 48.7. The standard InChI is InChI=1S/C65H110O12/c1-4-7-10-13-16-19-22-24-26-28-29-31-33-35-38-41-44-47-50-53-59(68)76-63-61(70)60(69)62(64(71)72)77-65(63)74-55-56(75-58(67)52-49-46-43-40-36-21-18-15-12-9-6-3)54-73-57(66)51-48-45-42-39-37-34-32-30-27-25-23-20-17-14-11-8-5-2/h8,11,16-17,19-20,24-27,29,31,56,60-63,65,69-70H,4-7,9-10,12-15,18,21-23,28,30,32-55H2,1-3H3,(H,71,72)/b11-8-,19-16-,20-17-,26-24-,27-25-,31-29-. The van der Waals surface area contributed by atoms with Gasteiger partial charge in [-0.1, -0.05) is 229 Å². The number of carbonyl (C=O) groups excluding carboxylic acids is 3. The van der Waals surface area contributed by atoms with Gasteiger partial charge in [-0.05, 0) is 89.9 Å². The Bertz CT molecular complexity index is 1620. The van der Waals surface area contributed by atoms with Gasteiger partial charge in [-0.2, -0.15) is 0 Å². The second-order valence-corrected chi connectivity index (χ2v) is 21.0. The third-order valence-corrected chi connectivity index (χ3v) is 13.8. The molecule has 77 heavy (non-hydrogen) atoms. The summed E-state index contributed by atoms with van der Waals surface area (Å²) in [6, 6.07) is 0. The lowest BCUT2D eigenvalue weighted by Gasteiger charge is -2.40. The van der Waals surface area contributed by atoms with Crippen LogP contribution in [0.3, 0.4) is 0 Å². The quantitative estimate of drug-likeness (QED) is 0.0228. The number of carboxylic acids is 1. The number of allylic oxidation sites excluding steroid dienone is 12. The van der Waals surface area contributed by atoms with Crippen LogP contribution in [-0.4, -0.2) is 89.2 Å². The molecule has 0 aromatic heterocycles. The van der Waals surface area contributed by atoms with E-state index in [9.17, 15) is 34.5 Å². The molecular formula is C65H110O12. The van der Waals surface area contributed by atoms with Gasteiger partial charge < -0.3 is 39.0 Å². The lowest BCUT2D eigenvalue weighted by Crippen LogP contribution is -2.61. The van der Waals surface area contributed by atoms with Crippen molar-refractivity contribution in [2.45, 2.75) is 302 Å². The molecule has 0 aliphatic carbocycles. The largest absolute Gasteiger partial charge is 0.479 e. The Hall–Kier alpha value is -3.84. The molecule has 1 heterocycles. The van der Waals surface area contributed by atoms with E-state index in [1.165, 1.54) is 77.0 Å². The van der Waals surface area contributed by atoms with Gasteiger partial charge in [0.15, 0.2) is 24.6 Å². The van der Waals surface area contributed by atoms with Crippen molar-refractivity contribution in [3.8, 4) is 0 Å². The number of hydrogen-bond donors (Lipinski definition) is 3. The first kappa shape index (κ1) is 71.2. The highest BCUT2D eigenvalue weighted by Gasteiger charge is 2.50. The van der Waals surface area contributed by atoms with E-state index in [4.69, 9.17) is 23.7 Å². The number of aliphatic hydroxyl groups is 2. The highest BCUT2D eigenvalue weighted by Crippen LogP contribution is 2.26. The van der Waals surface area contributed by atoms with E-state index < -0.39 is 67.3 Å². The van der Waals surface area contributed by atoms with Crippen molar-refractivity contribution >= 4 is 23.9 Å². The van der Waals surface area contributed by atoms with Crippen molar-refractivity contribution < 1.29 is 58.2 Å². The zero-order chi connectivity index (χ0) is 56.1. The molecule has 0 aromatic rings. The molecule has 1 saturated heterocycles. The van der Waals surface area contributed by atoms with Crippen LogP contribution in [0.4, 0.5) is 0 Å². The fourth-order valence-corrected chi connectivity index (χ4v) is 9.04. The molecule has 1 rings (SSSR count). The van der Waals surface area contributed by atoms with E-state index in [2.05, 4.69) is 93.7 Å². The number of hydrogen-bond acceptors (Lipinski definition) is 11. The molecule has 1 aliphatic rings. The number of carbonyl (C=O) groups is 4. The molecule has 0 aromatic carbocycles. The molecule has 0 bridgehead atoms. The Morgan fingerprint density at radius 1 is 0.442 bits per heavy atom. The van der Waals surface area contributed by atoms with Crippen LogP contribution in [0.5, 0.6) is 0 Å². The topological polar surface area (TPSA) is 175 Å². The molecule has 1 fully saturated rings. The van der Waals surface area contributed by atoms with Crippen molar-refractivity contribution in [2.24, 2.45) is 0 Å². The summed E-state index contributed by atoms with van der Waals surface area (Å²) in [5.74, 6) is -3.14. The Morgan fingerprint density at radius 2 is 0.818 bits per heavy atom. The van der Waals surface area contributed by atoms with Gasteiger partial charge in [-0.15, -0.1) is 0 Å². The third-order valence-electron chi connectivity index (χ3n) is 13.8. The molecule has 6 unspecified atom stereocenters. The number of ether oxygens (including phenoxy) is 5. The van der Waals surface area contributed by atoms with E-state index in [0.29, 0.717) is 19.3 Å². The van der Waals surface area contributed by atoms with Crippen LogP contribution < -0.4 is 0 Å². The molecule has 0 saturated carbocycles. The van der Waals surface area contributed by atoms with Gasteiger partial charge >= 0.3 is 23.9 Å². The number of carboxylic acid groups (broad SMARTS) is 1. The summed E-state index contributed by atoms with van der Waals surface area (Å²) in [6.07, 6.45) is 54.3. The molecule has 6 atom stereocenters. The average molecular weight is 1080 g/mol. The van der Waals surface area contributed by atoms with E-state index in [-0.39, 0.29) is 25.9 Å². The Labute approximate surface area is 468 Å². The number of rotatable bonds is 52. The van der Waals surface area contributed by atoms with E-state index in [0.717, 1.165) is 128 Å². The Morgan fingerprint density at radius 3 is 1.27 bits per heavy atom. The molecule has 12 heteroatoms. The summed E-state index contributed by atoms with van der Waals surface area (Å²) in [6.45, 7) is 5.85. The fraction of sp³-hybridized carbons (Fsp3) is 0.754. The van der Waals surface area contributed by atoms with Gasteiger partial charge in [0.2, 0.25) is 0 Å². The monoisotopic (exact) mass is 1080 g/mol. The summed E-state index contributed by atoms with van der Waals surface area (Å²) < 4.78 is 28.4. The van der Waals surface area contributed by atoms with Crippen LogP contribution in [0.25, 0.3) is 0 Å². The van der Waals surface area contributed by atoms with Crippen LogP contribution in [0.1, 0.15) is 265 Å². The summed E-state index contributed by atoms with van der Waals surface area (Å²) in [5.41, 5.74) is 0. The van der Waals surface area contributed by atoms with Crippen LogP contribution in [0.2, 0.25) is 0 Å². The van der Waals surface area contributed by atoms with E-state index in [1.54, 1.807) is 0 Å². The summed E-state index contributed by atoms with van der Waals surface area (Å²) >= 11 is 0. The maximum absolute atomic E-state index is 13.1. The van der Waals surface area contributed by atoms with Gasteiger partial charge in [0.05, 0.1) is 6.61 Å². The molecule has 0 amide bonds. The molecule has 0 radical (unpaired) electrons. The summed E-state index contributed by atoms with van der Waals surface area (Å²) in [5, 5.41) is 31.5. The normalized spacial score (nSPS) is 18.5. The lowest BCUT2D eigenvalue weighted by molar-refractivity contribution is -0.301. The Kier molecular flexibility index (Phi) is 48.8. The van der Waals surface area contributed by atoms with Gasteiger partial charge in [0, 0.05) is 19.3 Å². The number of esters is 3. The van der Waals surface area contributed by atoms with Crippen molar-refractivity contribution in [1.29, 1.82) is 0 Å². The number of aliphatic carboxylic acids is 1. The van der Waals surface area contributed by atoms with E-state index >= 15 is 0 Å². The average Bonchev–Trinajstić information content (AvgIpc) is 3.41. The minimum absolute atomic E-state index is 0.0444. The van der Waals surface area contributed by atoms with Crippen LogP contribution >= 0.6 is 0 Å². The van der Waals surface area contributed by atoms with Gasteiger partial charge in [0.1, 0.15) is 18.8 Å². The first-order valence-corrected chi connectivity index (χ1v) is 30.9. The maximum Gasteiger partial charge on any atom is 0.335 e. The fourth-order valence-electron chi connectivity index (χ4n) is 9.04. The number of unbranched alkanes of at least 4 members (excludes halogenated alkanes) is 26. The molecular weight excluding hydrogens is 973 g/mol. The van der Waals surface area contributed by atoms with Crippen LogP contribution in [0, 0.1) is 0 Å². The summed E-state index contributed by atoms with van der Waals surface area (Å²) in [7, 11) is 0. The second-order valence-electron chi connectivity index (χ2n) is 21.0. The maximum atomic E-state index is 13.1. The molecule has 442 valence electrons. The first-order valence-electron chi connectivity index (χ1n) is 30.9. The minimum Gasteiger partial charge on any atom is -0.479 e. The predicted molar refractivity (Wildman–Crippen MR) is 312 cm³/mol. The van der Waals surface area contributed by atoms with Crippen LogP contribution in [-0.2, 0) is 42.9 Å². The zero-order valence-corrected chi connectivity index (χ0v) is 48.7. The van der Waals surface area contributed by atoms with Gasteiger partial charge in [-0.3, -0.25) is 14.4 Å². The smallest absolute Gasteiger partial charge is 0.335 e. The van der Waals surface area contributed by atoms with Crippen molar-refractivity contribution in [3.63, 3.8) is 0 Å². The third kappa shape index (κ3) is 42.7. The lowest BCUT2D eigenvalue weighted by atomic mass is 9.98. The van der Waals surface area contributed by atoms with Gasteiger partial charge in [-0.25, -0.2) is 4.79 Å². The number of aliphatic hydroxyl groups excluding tert-OH is 2. The predicted octanol–water partition coefficient (Wildman–Crippen LogP) is 16.1. The molecule has 3 N–H and O–H groups in total. The Balaban J connectivity index is 2.65. The summed E-state index contributed by atoms with van der Waals surface area (Å²) in [4.78, 5) is 51.2. The highest BCUT2D eigenvalue weighted by atomic mass is 16.7. The SMILES string of the molecule is CC/C=C\C/C=C\C/C=C\CCCCCCCCCC(=O)OCC(COC1OC(C(=O)O)C(O)C(O)C1OC(=O)CCCCCCCC/C=C\C/C=C\C/C=C\CCCCC)OC(=O)CCCCCCCCCCCCC. The molecule has 0 spiro atoms. The minimum atomic E-state index is -1.91. The van der Waals surface area contributed by atoms with Crippen LogP contribution in [0.15, 0.2) is 72.9 Å². The van der Waals surface area contributed by atoms with Crippen molar-refractivity contribution in [1.82, 2.24) is 0 Å². The van der Waals surface area contributed by atoms with Crippen molar-refractivity contribution in [2.75, 3.05) is 13.2 Å². The first-order chi connectivity index (χ1) is 37.6. The second kappa shape index (κ2) is 52.8.